The summed E-state index contributed by atoms with van der Waals surface area (Å²) in [7, 11) is -3.23. The molecule has 0 aromatic heterocycles. The number of hydrogen-bond acceptors (Lipinski definition) is 3. The van der Waals surface area contributed by atoms with Gasteiger partial charge in [-0.1, -0.05) is 6.07 Å². The summed E-state index contributed by atoms with van der Waals surface area (Å²) in [5.41, 5.74) is -1.01. The van der Waals surface area contributed by atoms with E-state index in [1.165, 1.54) is 4.31 Å². The first kappa shape index (κ1) is 19.1. The second-order valence-electron chi connectivity index (χ2n) is 5.75. The highest BCUT2D eigenvalue weighted by molar-refractivity contribution is 7.89. The monoisotopic (exact) mass is 368 g/mol. The number of halogens is 4. The summed E-state index contributed by atoms with van der Waals surface area (Å²) < 4.78 is 76.9. The lowest BCUT2D eigenvalue weighted by Crippen LogP contribution is -2.45. The van der Waals surface area contributed by atoms with E-state index in [0.29, 0.717) is 32.0 Å². The van der Waals surface area contributed by atoms with Crippen molar-refractivity contribution in [3.8, 4) is 0 Å². The minimum atomic E-state index is -4.61. The SMILES string of the molecule is CCS(=O)(=O)N1CCC(NCc2ccc(F)cc2C(F)(F)F)CC1. The molecule has 0 spiro atoms. The van der Waals surface area contributed by atoms with Crippen molar-refractivity contribution in [2.45, 2.75) is 38.5 Å². The Morgan fingerprint density at radius 3 is 2.42 bits per heavy atom. The number of rotatable bonds is 5. The standard InChI is InChI=1S/C15H20F4N2O2S/c1-2-24(22,23)21-7-5-13(6-8-21)20-10-11-3-4-12(16)9-14(11)15(17,18)19/h3-4,9,13,20H,2,5-8,10H2,1H3. The molecule has 136 valence electrons. The van der Waals surface area contributed by atoms with Crippen LogP contribution in [-0.2, 0) is 22.7 Å². The number of piperidine rings is 1. The molecule has 0 aliphatic carbocycles. The van der Waals surface area contributed by atoms with Gasteiger partial charge in [0.15, 0.2) is 0 Å². The molecule has 24 heavy (non-hydrogen) atoms. The number of nitrogens with zero attached hydrogens (tertiary/aromatic N) is 1. The molecule has 2 rings (SSSR count). The Labute approximate surface area is 138 Å². The van der Waals surface area contributed by atoms with E-state index in [2.05, 4.69) is 5.32 Å². The van der Waals surface area contributed by atoms with Crippen LogP contribution in [0.4, 0.5) is 17.6 Å². The third-order valence-electron chi connectivity index (χ3n) is 4.17. The molecule has 0 atom stereocenters. The van der Waals surface area contributed by atoms with Crippen molar-refractivity contribution in [3.63, 3.8) is 0 Å². The van der Waals surface area contributed by atoms with Gasteiger partial charge in [0.05, 0.1) is 11.3 Å². The summed E-state index contributed by atoms with van der Waals surface area (Å²) in [4.78, 5) is 0. The van der Waals surface area contributed by atoms with Crippen LogP contribution < -0.4 is 5.32 Å². The molecule has 1 fully saturated rings. The van der Waals surface area contributed by atoms with Gasteiger partial charge in [-0.15, -0.1) is 0 Å². The second-order valence-corrected chi connectivity index (χ2v) is 8.01. The fourth-order valence-corrected chi connectivity index (χ4v) is 3.87. The Morgan fingerprint density at radius 2 is 1.88 bits per heavy atom. The van der Waals surface area contributed by atoms with Crippen molar-refractivity contribution in [1.82, 2.24) is 9.62 Å². The first-order valence-corrected chi connectivity index (χ1v) is 9.31. The van der Waals surface area contributed by atoms with Crippen LogP contribution in [0.1, 0.15) is 30.9 Å². The summed E-state index contributed by atoms with van der Waals surface area (Å²) in [6.45, 7) is 2.24. The first-order valence-electron chi connectivity index (χ1n) is 7.70. The predicted molar refractivity (Wildman–Crippen MR) is 82.3 cm³/mol. The van der Waals surface area contributed by atoms with Crippen LogP contribution in [0.3, 0.4) is 0 Å². The van der Waals surface area contributed by atoms with Crippen molar-refractivity contribution < 1.29 is 26.0 Å². The van der Waals surface area contributed by atoms with Crippen LogP contribution >= 0.6 is 0 Å². The zero-order valence-corrected chi connectivity index (χ0v) is 14.1. The first-order chi connectivity index (χ1) is 11.1. The fraction of sp³-hybridized carbons (Fsp3) is 0.600. The molecule has 9 heteroatoms. The number of hydrogen-bond donors (Lipinski definition) is 1. The predicted octanol–water partition coefficient (Wildman–Crippen LogP) is 2.75. The molecule has 1 heterocycles. The number of sulfonamides is 1. The maximum atomic E-state index is 13.1. The number of benzene rings is 1. The van der Waals surface area contributed by atoms with E-state index >= 15 is 0 Å². The maximum absolute atomic E-state index is 13.1. The van der Waals surface area contributed by atoms with Gasteiger partial charge in [0, 0.05) is 25.7 Å². The van der Waals surface area contributed by atoms with E-state index in [1.807, 2.05) is 0 Å². The summed E-state index contributed by atoms with van der Waals surface area (Å²) in [5.74, 6) is -0.889. The van der Waals surface area contributed by atoms with Gasteiger partial charge in [-0.25, -0.2) is 17.1 Å². The lowest BCUT2D eigenvalue weighted by molar-refractivity contribution is -0.138. The Hall–Kier alpha value is -1.19. The third kappa shape index (κ3) is 4.67. The molecule has 0 amide bonds. The van der Waals surface area contributed by atoms with Crippen molar-refractivity contribution in [2.24, 2.45) is 0 Å². The smallest absolute Gasteiger partial charge is 0.310 e. The third-order valence-corrected chi connectivity index (χ3v) is 6.05. The molecule has 0 bridgehead atoms. The normalized spacial score (nSPS) is 18.0. The van der Waals surface area contributed by atoms with E-state index in [1.54, 1.807) is 6.92 Å². The largest absolute Gasteiger partial charge is 0.416 e. The number of nitrogens with one attached hydrogen (secondary N) is 1. The molecule has 1 aliphatic heterocycles. The van der Waals surface area contributed by atoms with Crippen LogP contribution in [-0.4, -0.2) is 37.6 Å². The molecule has 1 aromatic carbocycles. The van der Waals surface area contributed by atoms with Gasteiger partial charge >= 0.3 is 6.18 Å². The molecular weight excluding hydrogens is 348 g/mol. The van der Waals surface area contributed by atoms with E-state index in [9.17, 15) is 26.0 Å². The quantitative estimate of drug-likeness (QED) is 0.813. The summed E-state index contributed by atoms with van der Waals surface area (Å²) in [6, 6.07) is 2.55. The van der Waals surface area contributed by atoms with E-state index in [0.717, 1.165) is 12.1 Å². The van der Waals surface area contributed by atoms with Gasteiger partial charge in [-0.05, 0) is 37.5 Å². The molecule has 1 aromatic rings. The van der Waals surface area contributed by atoms with Crippen LogP contribution in [0.2, 0.25) is 0 Å². The van der Waals surface area contributed by atoms with Gasteiger partial charge in [0.25, 0.3) is 0 Å². The molecule has 0 unspecified atom stereocenters. The van der Waals surface area contributed by atoms with Crippen molar-refractivity contribution in [2.75, 3.05) is 18.8 Å². The average molecular weight is 368 g/mol. The Morgan fingerprint density at radius 1 is 1.25 bits per heavy atom. The second kappa shape index (κ2) is 7.37. The van der Waals surface area contributed by atoms with Crippen molar-refractivity contribution in [3.05, 3.63) is 35.1 Å². The van der Waals surface area contributed by atoms with Crippen LogP contribution in [0.5, 0.6) is 0 Å². The van der Waals surface area contributed by atoms with E-state index < -0.39 is 27.6 Å². The molecular formula is C15H20F4N2O2S. The Balaban J connectivity index is 1.96. The molecule has 1 N–H and O–H groups in total. The van der Waals surface area contributed by atoms with Gasteiger partial charge in [-0.2, -0.15) is 13.2 Å². The lowest BCUT2D eigenvalue weighted by atomic mass is 10.0. The highest BCUT2D eigenvalue weighted by Crippen LogP contribution is 2.32. The fourth-order valence-electron chi connectivity index (χ4n) is 2.74. The van der Waals surface area contributed by atoms with Crippen molar-refractivity contribution >= 4 is 10.0 Å². The minimum Gasteiger partial charge on any atom is -0.310 e. The van der Waals surface area contributed by atoms with Crippen molar-refractivity contribution in [1.29, 1.82) is 0 Å². The average Bonchev–Trinajstić information content (AvgIpc) is 2.53. The van der Waals surface area contributed by atoms with Gasteiger partial charge < -0.3 is 5.32 Å². The van der Waals surface area contributed by atoms with Gasteiger partial charge in [-0.3, -0.25) is 0 Å². The number of alkyl halides is 3. The maximum Gasteiger partial charge on any atom is 0.416 e. The Bertz CT molecular complexity index is 669. The molecule has 1 aliphatic rings. The van der Waals surface area contributed by atoms with Crippen LogP contribution in [0, 0.1) is 5.82 Å². The zero-order valence-electron chi connectivity index (χ0n) is 13.2. The molecule has 0 saturated carbocycles. The summed E-state index contributed by atoms with van der Waals surface area (Å²) in [5, 5.41) is 3.02. The van der Waals surface area contributed by atoms with Gasteiger partial charge in [0.1, 0.15) is 5.82 Å². The lowest BCUT2D eigenvalue weighted by Gasteiger charge is -2.31. The van der Waals surface area contributed by atoms with Crippen LogP contribution in [0.15, 0.2) is 18.2 Å². The Kier molecular flexibility index (Phi) is 5.87. The van der Waals surface area contributed by atoms with Gasteiger partial charge in [0.2, 0.25) is 10.0 Å². The highest BCUT2D eigenvalue weighted by atomic mass is 32.2. The topological polar surface area (TPSA) is 49.4 Å². The van der Waals surface area contributed by atoms with Crippen LogP contribution in [0.25, 0.3) is 0 Å². The summed E-state index contributed by atoms with van der Waals surface area (Å²) >= 11 is 0. The molecule has 0 radical (unpaired) electrons. The summed E-state index contributed by atoms with van der Waals surface area (Å²) in [6.07, 6.45) is -3.55. The highest BCUT2D eigenvalue weighted by Gasteiger charge is 2.34. The molecule has 4 nitrogen and oxygen atoms in total. The molecule has 1 saturated heterocycles. The van der Waals surface area contributed by atoms with E-state index in [4.69, 9.17) is 0 Å². The zero-order chi connectivity index (χ0) is 18.0. The van der Waals surface area contributed by atoms with E-state index in [-0.39, 0.29) is 23.9 Å². The minimum absolute atomic E-state index is 0.0208.